The lowest BCUT2D eigenvalue weighted by Crippen LogP contribution is -2.11. The summed E-state index contributed by atoms with van der Waals surface area (Å²) < 4.78 is 100. The minimum Gasteiger partial charge on any atom is -0.439 e. The van der Waals surface area contributed by atoms with Gasteiger partial charge in [-0.15, -0.1) is 5.10 Å². The largest absolute Gasteiger partial charge is 0.439 e. The van der Waals surface area contributed by atoms with Crippen LogP contribution in [-0.2, 0) is 28.9 Å². The third-order valence-corrected chi connectivity index (χ3v) is 8.06. The van der Waals surface area contributed by atoms with Crippen molar-refractivity contribution in [3.8, 4) is 39.5 Å². The summed E-state index contributed by atoms with van der Waals surface area (Å²) in [7, 11) is -1.57. The van der Waals surface area contributed by atoms with Gasteiger partial charge in [0, 0.05) is 21.6 Å². The summed E-state index contributed by atoms with van der Waals surface area (Å²) in [6.45, 7) is 0. The average Bonchev–Trinajstić information content (AvgIpc) is 3.69. The average molecular weight is 639 g/mol. The Morgan fingerprint density at radius 2 is 1.29 bits per heavy atom. The Labute approximate surface area is 254 Å². The van der Waals surface area contributed by atoms with Crippen LogP contribution in [0.1, 0.15) is 17.0 Å². The molecule has 0 N–H and O–H groups in total. The molecule has 6 rings (SSSR count). The maximum Gasteiger partial charge on any atom is 0.416 e. The van der Waals surface area contributed by atoms with E-state index in [1.165, 1.54) is 10.9 Å². The third-order valence-electron chi connectivity index (χ3n) is 6.75. The van der Waals surface area contributed by atoms with Gasteiger partial charge in [0.1, 0.15) is 17.1 Å². The number of aromatic nitrogens is 4. The van der Waals surface area contributed by atoms with Crippen molar-refractivity contribution in [1.29, 1.82) is 0 Å². The van der Waals surface area contributed by atoms with Crippen molar-refractivity contribution in [1.82, 2.24) is 20.0 Å². The second kappa shape index (κ2) is 11.8. The van der Waals surface area contributed by atoms with Crippen LogP contribution in [0, 0.1) is 0 Å². The first-order chi connectivity index (χ1) is 21.5. The molecular weight excluding hydrogens is 618 g/mol. The summed E-state index contributed by atoms with van der Waals surface area (Å²) in [5.74, 6) is 0.806. The molecule has 2 heterocycles. The normalized spacial score (nSPS) is 12.8. The van der Waals surface area contributed by atoms with Crippen LogP contribution >= 0.6 is 0 Å². The van der Waals surface area contributed by atoms with Crippen molar-refractivity contribution >= 4 is 10.8 Å². The van der Waals surface area contributed by atoms with Crippen molar-refractivity contribution in [2.24, 2.45) is 0 Å². The summed E-state index contributed by atoms with van der Waals surface area (Å²) >= 11 is 0. The molecule has 0 aliphatic carbocycles. The summed E-state index contributed by atoms with van der Waals surface area (Å²) in [6.07, 6.45) is -8.77. The van der Waals surface area contributed by atoms with Gasteiger partial charge in [0.05, 0.1) is 33.8 Å². The SMILES string of the molecule is O=S(Cc1nc(-c2ccccc2)c(-c2ccccc2)o1)c1ccc(-n2cc(-c3cc(C(F)(F)F)cc(C(F)(F)F)c3)nn2)cc1. The van der Waals surface area contributed by atoms with E-state index >= 15 is 0 Å². The van der Waals surface area contributed by atoms with Crippen molar-refractivity contribution in [3.05, 3.63) is 126 Å². The Bertz CT molecular complexity index is 1880. The van der Waals surface area contributed by atoms with E-state index in [9.17, 15) is 30.6 Å². The zero-order valence-electron chi connectivity index (χ0n) is 22.9. The number of hydrogen-bond donors (Lipinski definition) is 0. The number of nitrogens with zero attached hydrogens (tertiary/aromatic N) is 4. The van der Waals surface area contributed by atoms with Crippen molar-refractivity contribution in [2.45, 2.75) is 23.0 Å². The highest BCUT2D eigenvalue weighted by atomic mass is 32.2. The summed E-state index contributed by atoms with van der Waals surface area (Å²) in [4.78, 5) is 5.08. The molecule has 13 heteroatoms. The highest BCUT2D eigenvalue weighted by molar-refractivity contribution is 7.84. The van der Waals surface area contributed by atoms with Gasteiger partial charge >= 0.3 is 12.4 Å². The maximum absolute atomic E-state index is 13.3. The van der Waals surface area contributed by atoms with Crippen molar-refractivity contribution in [3.63, 3.8) is 0 Å². The predicted octanol–water partition coefficient (Wildman–Crippen LogP) is 8.60. The van der Waals surface area contributed by atoms with Crippen molar-refractivity contribution < 1.29 is 35.0 Å². The molecule has 0 amide bonds. The minimum atomic E-state index is -4.99. The second-order valence-electron chi connectivity index (χ2n) is 9.84. The third kappa shape index (κ3) is 6.58. The molecule has 6 nitrogen and oxygen atoms in total. The van der Waals surface area contributed by atoms with Crippen LogP contribution in [0.2, 0.25) is 0 Å². The molecule has 1 unspecified atom stereocenters. The van der Waals surface area contributed by atoms with Gasteiger partial charge in [0.25, 0.3) is 0 Å². The topological polar surface area (TPSA) is 73.8 Å². The van der Waals surface area contributed by atoms with Gasteiger partial charge in [-0.05, 0) is 42.5 Å². The number of halogens is 6. The van der Waals surface area contributed by atoms with Crippen LogP contribution in [0.5, 0.6) is 0 Å². The van der Waals surface area contributed by atoms with Crippen LogP contribution in [0.15, 0.2) is 119 Å². The first-order valence-corrected chi connectivity index (χ1v) is 14.6. The lowest BCUT2D eigenvalue weighted by molar-refractivity contribution is -0.143. The Balaban J connectivity index is 1.23. The van der Waals surface area contributed by atoms with E-state index < -0.39 is 39.8 Å². The van der Waals surface area contributed by atoms with Gasteiger partial charge in [-0.2, -0.15) is 26.3 Å². The van der Waals surface area contributed by atoms with E-state index in [0.29, 0.717) is 34.2 Å². The van der Waals surface area contributed by atoms with E-state index in [-0.39, 0.29) is 23.4 Å². The highest BCUT2D eigenvalue weighted by Gasteiger charge is 2.37. The van der Waals surface area contributed by atoms with Crippen molar-refractivity contribution in [2.75, 3.05) is 0 Å². The number of oxazole rings is 1. The zero-order valence-corrected chi connectivity index (χ0v) is 23.7. The molecule has 0 aliphatic rings. The van der Waals surface area contributed by atoms with Crippen LogP contribution in [0.25, 0.3) is 39.5 Å². The fourth-order valence-corrected chi connectivity index (χ4v) is 5.53. The standard InChI is InChI=1S/C32H20F6N4O2S/c33-31(34,35)23-15-22(16-24(17-23)32(36,37)38)27-18-42(41-40-27)25-11-13-26(14-12-25)45(43)19-28-39-29(20-7-3-1-4-8-20)30(44-28)21-9-5-2-6-10-21/h1-18H,19H2. The van der Waals surface area contributed by atoms with Crippen LogP contribution in [-0.4, -0.2) is 24.2 Å². The first-order valence-electron chi connectivity index (χ1n) is 13.3. The maximum atomic E-state index is 13.3. The Kier molecular flexibility index (Phi) is 7.87. The van der Waals surface area contributed by atoms with Gasteiger partial charge in [-0.1, -0.05) is 65.9 Å². The number of hydrogen-bond acceptors (Lipinski definition) is 5. The Hall–Kier alpha value is -5.04. The molecule has 4 aromatic carbocycles. The first kappa shape index (κ1) is 30.0. The van der Waals surface area contributed by atoms with Gasteiger partial charge in [0.2, 0.25) is 5.89 Å². The van der Waals surface area contributed by atoms with E-state index in [2.05, 4.69) is 15.3 Å². The van der Waals surface area contributed by atoms with Gasteiger partial charge in [-0.3, -0.25) is 4.21 Å². The van der Waals surface area contributed by atoms with Gasteiger partial charge < -0.3 is 4.42 Å². The molecular formula is C32H20F6N4O2S. The summed E-state index contributed by atoms with van der Waals surface area (Å²) in [5.41, 5.74) is -0.812. The molecule has 1 atom stereocenters. The molecule has 0 bridgehead atoms. The second-order valence-corrected chi connectivity index (χ2v) is 11.3. The van der Waals surface area contributed by atoms with Gasteiger partial charge in [0.15, 0.2) is 5.76 Å². The smallest absolute Gasteiger partial charge is 0.416 e. The van der Waals surface area contributed by atoms with Crippen LogP contribution in [0.4, 0.5) is 26.3 Å². The quantitative estimate of drug-likeness (QED) is 0.164. The molecule has 0 fully saturated rings. The monoisotopic (exact) mass is 638 g/mol. The molecule has 0 saturated heterocycles. The highest BCUT2D eigenvalue weighted by Crippen LogP contribution is 2.38. The number of alkyl halides is 6. The fraction of sp³-hybridized carbons (Fsp3) is 0.0938. The molecule has 228 valence electrons. The molecule has 6 aromatic rings. The lowest BCUT2D eigenvalue weighted by Gasteiger charge is -2.13. The Morgan fingerprint density at radius 3 is 1.87 bits per heavy atom. The van der Waals surface area contributed by atoms with Gasteiger partial charge in [-0.25, -0.2) is 9.67 Å². The van der Waals surface area contributed by atoms with Crippen LogP contribution < -0.4 is 0 Å². The molecule has 45 heavy (non-hydrogen) atoms. The molecule has 0 aliphatic heterocycles. The van der Waals surface area contributed by atoms with E-state index in [4.69, 9.17) is 4.42 Å². The zero-order chi connectivity index (χ0) is 31.8. The lowest BCUT2D eigenvalue weighted by atomic mass is 10.0. The Morgan fingerprint density at radius 1 is 0.711 bits per heavy atom. The van der Waals surface area contributed by atoms with E-state index in [1.807, 2.05) is 60.7 Å². The number of benzene rings is 4. The molecule has 0 saturated carbocycles. The number of rotatable bonds is 7. The van der Waals surface area contributed by atoms with Crippen LogP contribution in [0.3, 0.4) is 0 Å². The minimum absolute atomic E-state index is 0.0173. The van der Waals surface area contributed by atoms with E-state index in [0.717, 1.165) is 11.1 Å². The predicted molar refractivity (Wildman–Crippen MR) is 154 cm³/mol. The molecule has 0 spiro atoms. The fourth-order valence-electron chi connectivity index (χ4n) is 4.57. The summed E-state index contributed by atoms with van der Waals surface area (Å²) in [6, 6.07) is 26.4. The van der Waals surface area contributed by atoms with E-state index in [1.54, 1.807) is 24.3 Å². The molecule has 2 aromatic heterocycles. The molecule has 0 radical (unpaired) electrons. The summed E-state index contributed by atoms with van der Waals surface area (Å²) in [5, 5.41) is 7.64.